The third-order valence-corrected chi connectivity index (χ3v) is 3.79. The Bertz CT molecular complexity index is 338. The predicted molar refractivity (Wildman–Crippen MR) is 62.3 cm³/mol. The second kappa shape index (κ2) is 4.03. The van der Waals surface area contributed by atoms with E-state index in [0.29, 0.717) is 11.6 Å². The van der Waals surface area contributed by atoms with E-state index in [1.165, 1.54) is 12.8 Å². The number of nitrogens with two attached hydrogens (primary N) is 1. The van der Waals surface area contributed by atoms with Crippen molar-refractivity contribution in [3.8, 4) is 5.75 Å². The van der Waals surface area contributed by atoms with E-state index in [2.05, 4.69) is 0 Å². The number of hydrogen-bond donors (Lipinski definition) is 2. The Labute approximate surface area is 95.1 Å². The van der Waals surface area contributed by atoms with E-state index in [0.717, 1.165) is 18.4 Å². The average Bonchev–Trinajstić information content (AvgIpc) is 2.67. The lowest BCUT2D eigenvalue weighted by Gasteiger charge is -2.29. The van der Waals surface area contributed by atoms with Gasteiger partial charge in [0.05, 0.1) is 0 Å². The molecule has 1 aliphatic rings. The molecule has 0 spiro atoms. The number of phenols is 1. The summed E-state index contributed by atoms with van der Waals surface area (Å²) in [6.07, 6.45) is 4.39. The summed E-state index contributed by atoms with van der Waals surface area (Å²) < 4.78 is 0. The van der Waals surface area contributed by atoms with Gasteiger partial charge in [-0.25, -0.2) is 0 Å². The van der Waals surface area contributed by atoms with Crippen LogP contribution in [0.3, 0.4) is 0 Å². The van der Waals surface area contributed by atoms with Crippen LogP contribution in [-0.4, -0.2) is 11.7 Å². The van der Waals surface area contributed by atoms with Crippen LogP contribution in [0.25, 0.3) is 0 Å². The van der Waals surface area contributed by atoms with Crippen LogP contribution < -0.4 is 5.73 Å². The van der Waals surface area contributed by atoms with Crippen molar-refractivity contribution in [2.24, 2.45) is 5.73 Å². The number of halogens is 1. The first-order valence-electron chi connectivity index (χ1n) is 5.38. The normalized spacial score (nSPS) is 19.3. The van der Waals surface area contributed by atoms with Crippen LogP contribution in [0.4, 0.5) is 0 Å². The lowest BCUT2D eigenvalue weighted by molar-refractivity contribution is 0.406. The maximum Gasteiger partial charge on any atom is 0.120 e. The van der Waals surface area contributed by atoms with Crippen molar-refractivity contribution < 1.29 is 5.11 Å². The number of aromatic hydroxyl groups is 1. The van der Waals surface area contributed by atoms with Gasteiger partial charge in [0.2, 0.25) is 0 Å². The first kappa shape index (κ1) is 10.8. The molecule has 1 saturated carbocycles. The minimum absolute atomic E-state index is 0.0948. The zero-order chi connectivity index (χ0) is 10.9. The fraction of sp³-hybridized carbons (Fsp3) is 0.500. The van der Waals surface area contributed by atoms with Crippen LogP contribution in [0.15, 0.2) is 18.2 Å². The fourth-order valence-electron chi connectivity index (χ4n) is 2.65. The smallest absolute Gasteiger partial charge is 0.120 e. The monoisotopic (exact) mass is 225 g/mol. The second-order valence-corrected chi connectivity index (χ2v) is 4.73. The summed E-state index contributed by atoms with van der Waals surface area (Å²) in [5, 5.41) is 10.5. The molecule has 0 radical (unpaired) electrons. The molecule has 1 fully saturated rings. The molecule has 2 nitrogen and oxygen atoms in total. The highest BCUT2D eigenvalue weighted by molar-refractivity contribution is 6.31. The van der Waals surface area contributed by atoms with E-state index in [1.54, 1.807) is 12.1 Å². The third-order valence-electron chi connectivity index (χ3n) is 3.47. The van der Waals surface area contributed by atoms with E-state index in [9.17, 15) is 5.11 Å². The first-order valence-corrected chi connectivity index (χ1v) is 5.75. The first-order chi connectivity index (χ1) is 7.19. The molecule has 3 heteroatoms. The number of rotatable bonds is 2. The van der Waals surface area contributed by atoms with E-state index in [1.807, 2.05) is 6.07 Å². The Balaban J connectivity index is 2.51. The summed E-state index contributed by atoms with van der Waals surface area (Å²) in [5.74, 6) is 0.287. The Morgan fingerprint density at radius 2 is 2.00 bits per heavy atom. The van der Waals surface area contributed by atoms with Crippen molar-refractivity contribution in [2.45, 2.75) is 31.1 Å². The van der Waals surface area contributed by atoms with E-state index < -0.39 is 0 Å². The van der Waals surface area contributed by atoms with Gasteiger partial charge in [-0.2, -0.15) is 0 Å². The Morgan fingerprint density at radius 3 is 2.53 bits per heavy atom. The maximum atomic E-state index is 9.91. The summed E-state index contributed by atoms with van der Waals surface area (Å²) in [4.78, 5) is 0. The van der Waals surface area contributed by atoms with Gasteiger partial charge in [0.15, 0.2) is 0 Å². The molecule has 0 atom stereocenters. The van der Waals surface area contributed by atoms with Gasteiger partial charge >= 0.3 is 0 Å². The highest BCUT2D eigenvalue weighted by Gasteiger charge is 2.37. The van der Waals surface area contributed by atoms with Gasteiger partial charge in [0.25, 0.3) is 0 Å². The van der Waals surface area contributed by atoms with Crippen LogP contribution in [0.1, 0.15) is 31.2 Å². The highest BCUT2D eigenvalue weighted by Crippen LogP contribution is 2.46. The fourth-order valence-corrected chi connectivity index (χ4v) is 3.02. The van der Waals surface area contributed by atoms with Crippen molar-refractivity contribution in [3.63, 3.8) is 0 Å². The summed E-state index contributed by atoms with van der Waals surface area (Å²) >= 11 is 6.16. The molecular weight excluding hydrogens is 210 g/mol. The van der Waals surface area contributed by atoms with Crippen LogP contribution in [-0.2, 0) is 5.41 Å². The molecule has 0 aromatic heterocycles. The van der Waals surface area contributed by atoms with Gasteiger partial charge in [0.1, 0.15) is 5.75 Å². The molecule has 3 N–H and O–H groups in total. The summed E-state index contributed by atoms with van der Waals surface area (Å²) in [6.45, 7) is 0.560. The molecular formula is C12H16ClNO. The maximum absolute atomic E-state index is 9.91. The van der Waals surface area contributed by atoms with Gasteiger partial charge in [0, 0.05) is 22.5 Å². The molecule has 2 rings (SSSR count). The van der Waals surface area contributed by atoms with Gasteiger partial charge in [-0.1, -0.05) is 30.5 Å². The number of hydrogen-bond acceptors (Lipinski definition) is 2. The van der Waals surface area contributed by atoms with E-state index in [-0.39, 0.29) is 11.2 Å². The quantitative estimate of drug-likeness (QED) is 0.813. The standard InChI is InChI=1S/C12H16ClNO/c13-9-4-3-5-10(15)11(9)12(8-14)6-1-2-7-12/h3-5,15H,1-2,6-8,14H2. The van der Waals surface area contributed by atoms with Gasteiger partial charge in [-0.05, 0) is 25.0 Å². The lowest BCUT2D eigenvalue weighted by Crippen LogP contribution is -2.32. The number of phenolic OH excluding ortho intramolecular Hbond substituents is 1. The van der Waals surface area contributed by atoms with Gasteiger partial charge in [-0.15, -0.1) is 0 Å². The van der Waals surface area contributed by atoms with Crippen molar-refractivity contribution in [2.75, 3.05) is 6.54 Å². The van der Waals surface area contributed by atoms with Gasteiger partial charge < -0.3 is 10.8 Å². The van der Waals surface area contributed by atoms with E-state index in [4.69, 9.17) is 17.3 Å². The Kier molecular flexibility index (Phi) is 2.89. The molecule has 82 valence electrons. The Hall–Kier alpha value is -0.730. The van der Waals surface area contributed by atoms with Crippen LogP contribution in [0.2, 0.25) is 5.02 Å². The molecule has 0 amide bonds. The lowest BCUT2D eigenvalue weighted by atomic mass is 9.78. The third kappa shape index (κ3) is 1.72. The Morgan fingerprint density at radius 1 is 1.33 bits per heavy atom. The average molecular weight is 226 g/mol. The molecule has 0 unspecified atom stereocenters. The molecule has 1 aromatic rings. The molecule has 1 aromatic carbocycles. The molecule has 0 bridgehead atoms. The highest BCUT2D eigenvalue weighted by atomic mass is 35.5. The zero-order valence-corrected chi connectivity index (χ0v) is 9.43. The second-order valence-electron chi connectivity index (χ2n) is 4.33. The molecule has 0 saturated heterocycles. The minimum Gasteiger partial charge on any atom is -0.508 e. The SMILES string of the molecule is NCC1(c2c(O)cccc2Cl)CCCC1. The zero-order valence-electron chi connectivity index (χ0n) is 8.67. The largest absolute Gasteiger partial charge is 0.508 e. The summed E-state index contributed by atoms with van der Waals surface area (Å²) in [5.41, 5.74) is 6.63. The van der Waals surface area contributed by atoms with Crippen molar-refractivity contribution >= 4 is 11.6 Å². The molecule has 1 aliphatic carbocycles. The molecule has 0 aliphatic heterocycles. The van der Waals surface area contributed by atoms with Crippen LogP contribution in [0.5, 0.6) is 5.75 Å². The van der Waals surface area contributed by atoms with Crippen molar-refractivity contribution in [1.29, 1.82) is 0 Å². The molecule has 0 heterocycles. The van der Waals surface area contributed by atoms with Crippen molar-refractivity contribution in [1.82, 2.24) is 0 Å². The molecule has 15 heavy (non-hydrogen) atoms. The van der Waals surface area contributed by atoms with Crippen molar-refractivity contribution in [3.05, 3.63) is 28.8 Å². The summed E-state index contributed by atoms with van der Waals surface area (Å²) in [6, 6.07) is 5.28. The topological polar surface area (TPSA) is 46.2 Å². The number of benzene rings is 1. The van der Waals surface area contributed by atoms with Crippen LogP contribution in [0, 0.1) is 0 Å². The predicted octanol–water partition coefficient (Wildman–Crippen LogP) is 2.82. The minimum atomic E-state index is -0.0948. The summed E-state index contributed by atoms with van der Waals surface area (Å²) in [7, 11) is 0. The van der Waals surface area contributed by atoms with Gasteiger partial charge in [-0.3, -0.25) is 0 Å². The van der Waals surface area contributed by atoms with E-state index >= 15 is 0 Å². The van der Waals surface area contributed by atoms with Crippen LogP contribution >= 0.6 is 11.6 Å².